The standard InChI is InChI=1S/C26H19BrN4O7/c1-15-5-2-3-8-21(15)28-23(32)14-38-22-10-9-17(27)11-16(22)12-20-24(33)29-26(35)30(25(20)34)18-6-4-7-19(13-18)31(36)37/h2-13H,14H2,1H3,(H,28,32)(H,29,33,35)/b20-12-. The maximum atomic E-state index is 13.2. The van der Waals surface area contributed by atoms with E-state index in [1.54, 1.807) is 30.3 Å². The Bertz CT molecular complexity index is 1520. The van der Waals surface area contributed by atoms with Crippen molar-refractivity contribution in [1.29, 1.82) is 0 Å². The molecule has 3 aromatic rings. The molecule has 2 N–H and O–H groups in total. The van der Waals surface area contributed by atoms with Crippen molar-refractivity contribution < 1.29 is 28.8 Å². The number of nitrogens with one attached hydrogen (secondary N) is 2. The first-order valence-electron chi connectivity index (χ1n) is 11.1. The Labute approximate surface area is 224 Å². The summed E-state index contributed by atoms with van der Waals surface area (Å²) in [6, 6.07) is 15.9. The van der Waals surface area contributed by atoms with Crippen LogP contribution in [0, 0.1) is 17.0 Å². The molecule has 192 valence electrons. The van der Waals surface area contributed by atoms with Crippen LogP contribution in [-0.4, -0.2) is 35.3 Å². The van der Waals surface area contributed by atoms with Crippen LogP contribution in [-0.2, 0) is 14.4 Å². The molecule has 0 aromatic heterocycles. The minimum atomic E-state index is -1.05. The number of imide groups is 2. The molecule has 0 atom stereocenters. The fraction of sp³-hybridized carbons (Fsp3) is 0.0769. The monoisotopic (exact) mass is 578 g/mol. The number of hydrogen-bond donors (Lipinski definition) is 2. The molecule has 1 saturated heterocycles. The SMILES string of the molecule is Cc1ccccc1NC(=O)COc1ccc(Br)cc1/C=C1/C(=O)NC(=O)N(c2cccc([N+](=O)[O-])c2)C1=O. The fourth-order valence-corrected chi connectivity index (χ4v) is 3.98. The van der Waals surface area contributed by atoms with E-state index >= 15 is 0 Å². The fourth-order valence-electron chi connectivity index (χ4n) is 3.60. The summed E-state index contributed by atoms with van der Waals surface area (Å²) in [5.74, 6) is -2.16. The minimum Gasteiger partial charge on any atom is -0.483 e. The lowest BCUT2D eigenvalue weighted by Crippen LogP contribution is -2.54. The van der Waals surface area contributed by atoms with E-state index < -0.39 is 34.2 Å². The second-order valence-electron chi connectivity index (χ2n) is 8.07. The number of halogens is 1. The molecule has 4 rings (SSSR count). The van der Waals surface area contributed by atoms with Crippen LogP contribution < -0.4 is 20.3 Å². The van der Waals surface area contributed by atoms with E-state index in [1.807, 2.05) is 19.1 Å². The van der Waals surface area contributed by atoms with Crippen molar-refractivity contribution in [2.45, 2.75) is 6.92 Å². The zero-order valence-corrected chi connectivity index (χ0v) is 21.4. The van der Waals surface area contributed by atoms with Gasteiger partial charge in [0, 0.05) is 27.9 Å². The zero-order valence-electron chi connectivity index (χ0n) is 19.8. The van der Waals surface area contributed by atoms with Gasteiger partial charge in [-0.05, 0) is 48.9 Å². The topological polar surface area (TPSA) is 148 Å². The van der Waals surface area contributed by atoms with E-state index in [0.29, 0.717) is 15.1 Å². The minimum absolute atomic E-state index is 0.0845. The highest BCUT2D eigenvalue weighted by Gasteiger charge is 2.37. The van der Waals surface area contributed by atoms with Gasteiger partial charge in [-0.3, -0.25) is 29.8 Å². The van der Waals surface area contributed by atoms with Gasteiger partial charge in [-0.15, -0.1) is 0 Å². The third kappa shape index (κ3) is 5.76. The number of carbonyl (C=O) groups excluding carboxylic acids is 4. The van der Waals surface area contributed by atoms with Crippen molar-refractivity contribution in [3.8, 4) is 5.75 Å². The summed E-state index contributed by atoms with van der Waals surface area (Å²) in [6.07, 6.45) is 1.22. The van der Waals surface area contributed by atoms with Gasteiger partial charge in [0.2, 0.25) is 0 Å². The smallest absolute Gasteiger partial charge is 0.335 e. The summed E-state index contributed by atoms with van der Waals surface area (Å²) >= 11 is 3.33. The number of nitro benzene ring substituents is 1. The van der Waals surface area contributed by atoms with Crippen LogP contribution in [0.2, 0.25) is 0 Å². The number of hydrogen-bond acceptors (Lipinski definition) is 7. The molecule has 0 aliphatic carbocycles. The van der Waals surface area contributed by atoms with E-state index in [2.05, 4.69) is 26.6 Å². The van der Waals surface area contributed by atoms with Gasteiger partial charge in [-0.25, -0.2) is 9.69 Å². The predicted octanol–water partition coefficient (Wildman–Crippen LogP) is 4.35. The highest BCUT2D eigenvalue weighted by atomic mass is 79.9. The average molecular weight is 579 g/mol. The number of non-ortho nitro benzene ring substituents is 1. The second kappa shape index (κ2) is 11.0. The molecular weight excluding hydrogens is 560 g/mol. The van der Waals surface area contributed by atoms with E-state index in [0.717, 1.165) is 11.6 Å². The number of ether oxygens (including phenoxy) is 1. The van der Waals surface area contributed by atoms with E-state index in [9.17, 15) is 29.3 Å². The number of anilines is 2. The lowest BCUT2D eigenvalue weighted by atomic mass is 10.1. The molecule has 0 unspecified atom stereocenters. The van der Waals surface area contributed by atoms with Gasteiger partial charge in [0.25, 0.3) is 23.4 Å². The van der Waals surface area contributed by atoms with Gasteiger partial charge in [-0.2, -0.15) is 0 Å². The number of nitro groups is 1. The third-order valence-corrected chi connectivity index (χ3v) is 5.94. The molecule has 12 heteroatoms. The van der Waals surface area contributed by atoms with Crippen molar-refractivity contribution in [3.63, 3.8) is 0 Å². The Kier molecular flexibility index (Phi) is 7.63. The van der Waals surface area contributed by atoms with Crippen LogP contribution in [0.25, 0.3) is 6.08 Å². The summed E-state index contributed by atoms with van der Waals surface area (Å²) in [7, 11) is 0. The lowest BCUT2D eigenvalue weighted by molar-refractivity contribution is -0.384. The Hall–Kier alpha value is -4.84. The number of aryl methyl sites for hydroxylation is 1. The molecule has 1 aliphatic heterocycles. The lowest BCUT2D eigenvalue weighted by Gasteiger charge is -2.26. The normalized spacial score (nSPS) is 14.3. The largest absolute Gasteiger partial charge is 0.483 e. The van der Waals surface area contributed by atoms with Gasteiger partial charge < -0.3 is 10.1 Å². The van der Waals surface area contributed by atoms with Crippen molar-refractivity contribution in [3.05, 3.63) is 98.0 Å². The first-order chi connectivity index (χ1) is 18.1. The molecule has 0 saturated carbocycles. The third-order valence-electron chi connectivity index (χ3n) is 5.45. The summed E-state index contributed by atoms with van der Waals surface area (Å²) in [4.78, 5) is 61.8. The molecular formula is C26H19BrN4O7. The van der Waals surface area contributed by atoms with Gasteiger partial charge in [-0.1, -0.05) is 40.2 Å². The van der Waals surface area contributed by atoms with Gasteiger partial charge >= 0.3 is 6.03 Å². The van der Waals surface area contributed by atoms with Crippen LogP contribution in [0.15, 0.2) is 76.8 Å². The van der Waals surface area contributed by atoms with Crippen molar-refractivity contribution in [2.24, 2.45) is 0 Å². The molecule has 0 spiro atoms. The first-order valence-corrected chi connectivity index (χ1v) is 11.9. The van der Waals surface area contributed by atoms with Crippen molar-refractivity contribution in [2.75, 3.05) is 16.8 Å². The Morgan fingerprint density at radius 1 is 1.11 bits per heavy atom. The Morgan fingerprint density at radius 3 is 2.61 bits per heavy atom. The van der Waals surface area contributed by atoms with E-state index in [-0.39, 0.29) is 29.3 Å². The van der Waals surface area contributed by atoms with Crippen LogP contribution in [0.4, 0.5) is 21.9 Å². The van der Waals surface area contributed by atoms with Gasteiger partial charge in [0.1, 0.15) is 11.3 Å². The summed E-state index contributed by atoms with van der Waals surface area (Å²) in [6.45, 7) is 1.49. The highest BCUT2D eigenvalue weighted by molar-refractivity contribution is 9.10. The molecule has 0 radical (unpaired) electrons. The second-order valence-corrected chi connectivity index (χ2v) is 8.98. The van der Waals surface area contributed by atoms with Crippen LogP contribution in [0.1, 0.15) is 11.1 Å². The Morgan fingerprint density at radius 2 is 1.87 bits per heavy atom. The summed E-state index contributed by atoms with van der Waals surface area (Å²) < 4.78 is 6.27. The van der Waals surface area contributed by atoms with Crippen LogP contribution in [0.5, 0.6) is 5.75 Å². The number of nitrogens with zero attached hydrogens (tertiary/aromatic N) is 2. The molecule has 3 aromatic carbocycles. The number of rotatable bonds is 7. The molecule has 1 fully saturated rings. The number of para-hydroxylation sites is 1. The quantitative estimate of drug-likeness (QED) is 0.183. The van der Waals surface area contributed by atoms with Crippen LogP contribution in [0.3, 0.4) is 0 Å². The molecule has 1 aliphatic rings. The van der Waals surface area contributed by atoms with Crippen LogP contribution >= 0.6 is 15.9 Å². The van der Waals surface area contributed by atoms with Gasteiger partial charge in [0.05, 0.1) is 10.6 Å². The maximum Gasteiger partial charge on any atom is 0.335 e. The average Bonchev–Trinajstić information content (AvgIpc) is 2.87. The highest BCUT2D eigenvalue weighted by Crippen LogP contribution is 2.29. The number of urea groups is 1. The molecule has 5 amide bonds. The molecule has 1 heterocycles. The van der Waals surface area contributed by atoms with Crippen molar-refractivity contribution >= 4 is 62.8 Å². The maximum absolute atomic E-state index is 13.2. The number of carbonyl (C=O) groups is 4. The molecule has 0 bridgehead atoms. The number of barbiturate groups is 1. The Balaban J connectivity index is 1.60. The number of benzene rings is 3. The molecule has 11 nitrogen and oxygen atoms in total. The number of amides is 5. The molecule has 38 heavy (non-hydrogen) atoms. The van der Waals surface area contributed by atoms with E-state index in [4.69, 9.17) is 4.74 Å². The zero-order chi connectivity index (χ0) is 27.4. The van der Waals surface area contributed by atoms with Crippen molar-refractivity contribution in [1.82, 2.24) is 5.32 Å². The first kappa shape index (κ1) is 26.2. The summed E-state index contributed by atoms with van der Waals surface area (Å²) in [5, 5.41) is 16.0. The van der Waals surface area contributed by atoms with E-state index in [1.165, 1.54) is 24.3 Å². The summed E-state index contributed by atoms with van der Waals surface area (Å²) in [5.41, 5.74) is 0.948. The van der Waals surface area contributed by atoms with Gasteiger partial charge in [0.15, 0.2) is 6.61 Å². The predicted molar refractivity (Wildman–Crippen MR) is 142 cm³/mol.